The molecule has 7 heteroatoms. The summed E-state index contributed by atoms with van der Waals surface area (Å²) in [4.78, 5) is 16.0. The van der Waals surface area contributed by atoms with Crippen LogP contribution in [0.25, 0.3) is 128 Å². The maximum Gasteiger partial charge on any atom is 0.227 e. The van der Waals surface area contributed by atoms with Crippen molar-refractivity contribution in [3.63, 3.8) is 0 Å². The van der Waals surface area contributed by atoms with Crippen LogP contribution in [-0.4, -0.2) is 24.6 Å². The molecule has 1 N–H and O–H groups in total. The number of hydrogen-bond donors (Lipinski definition) is 1. The number of aromatic hydroxyl groups is 1. The molecule has 6 nitrogen and oxygen atoms in total. The van der Waals surface area contributed by atoms with Crippen LogP contribution in [0.2, 0.25) is 0 Å². The Morgan fingerprint density at radius 1 is 0.474 bits per heavy atom. The van der Waals surface area contributed by atoms with E-state index in [2.05, 4.69) is 246 Å². The fourth-order valence-corrected chi connectivity index (χ4v) is 11.0. The molecule has 0 bridgehead atoms. The molecule has 0 saturated heterocycles. The Labute approximate surface area is 469 Å². The van der Waals surface area contributed by atoms with Gasteiger partial charge in [-0.25, -0.2) is 9.97 Å². The SMILES string of the molecule is CC(C)(C)c1cc(-c2cc(-c3ccccc3)ccn2)[c-]c(-c2cccc3c2nc(-c2c(O)c(C(C)(C)C)cc4c2oc2nc(-c5ccc(-c6ccccc6)c6ccccc56)ccc24)n3-c2ccccc2-c2ccccc2)c1.[Pt]. The molecule has 9 aromatic carbocycles. The molecule has 0 amide bonds. The molecule has 382 valence electrons. The van der Waals surface area contributed by atoms with Crippen molar-refractivity contribution in [3.05, 3.63) is 236 Å². The van der Waals surface area contributed by atoms with E-state index in [1.165, 1.54) is 0 Å². The number of benzene rings is 9. The van der Waals surface area contributed by atoms with Crippen LogP contribution in [0.1, 0.15) is 52.7 Å². The van der Waals surface area contributed by atoms with Crippen molar-refractivity contribution in [3.8, 4) is 89.8 Å². The number of fused-ring (bicyclic) bond motifs is 5. The minimum Gasteiger partial charge on any atom is -0.507 e. The first-order valence-corrected chi connectivity index (χ1v) is 26.3. The van der Waals surface area contributed by atoms with Crippen molar-refractivity contribution < 1.29 is 30.6 Å². The van der Waals surface area contributed by atoms with Gasteiger partial charge in [-0.3, -0.25) is 9.55 Å². The minimum atomic E-state index is -0.474. The standard InChI is InChI=1S/C71H55N4O2.Pt/c1-70(2,3)50-40-48(39-49(41-50)61-42-47(37-38-72-61)44-21-10-7-11-22-44)53-30-20-32-63-65(53)74-68(75(63)62-31-19-18-27-52(62)46-25-14-9-15-26-46)64-66(76)59(71(4,5)6)43-58-57-35-36-60(73-69(57)77-67(58)64)56-34-33-51(45-23-12-8-13-24-45)54-28-16-17-29-55(54)56;/h7-38,40-43,76H,1-6H3;/q-1;. The maximum absolute atomic E-state index is 13.1. The first-order chi connectivity index (χ1) is 37.4. The van der Waals surface area contributed by atoms with Crippen molar-refractivity contribution in [2.75, 3.05) is 0 Å². The number of phenolic OH excluding ortho intramolecular Hbond substituents is 1. The number of pyridine rings is 2. The van der Waals surface area contributed by atoms with Gasteiger partial charge in [0.2, 0.25) is 5.71 Å². The van der Waals surface area contributed by atoms with E-state index in [1.54, 1.807) is 0 Å². The van der Waals surface area contributed by atoms with Crippen LogP contribution in [0.15, 0.2) is 223 Å². The van der Waals surface area contributed by atoms with Crippen molar-refractivity contribution in [1.82, 2.24) is 19.5 Å². The van der Waals surface area contributed by atoms with Gasteiger partial charge in [-0.05, 0) is 85.8 Å². The summed E-state index contributed by atoms with van der Waals surface area (Å²) in [5.74, 6) is 0.644. The predicted molar refractivity (Wildman–Crippen MR) is 317 cm³/mol. The third-order valence-electron chi connectivity index (χ3n) is 15.0. The smallest absolute Gasteiger partial charge is 0.227 e. The van der Waals surface area contributed by atoms with E-state index < -0.39 is 5.41 Å². The molecular weight excluding hydrogens is 1140 g/mol. The number of phenols is 1. The monoisotopic (exact) mass is 1190 g/mol. The summed E-state index contributed by atoms with van der Waals surface area (Å²) in [6.45, 7) is 13.1. The van der Waals surface area contributed by atoms with Crippen molar-refractivity contribution in [1.29, 1.82) is 0 Å². The van der Waals surface area contributed by atoms with Gasteiger partial charge in [-0.15, -0.1) is 29.3 Å². The third kappa shape index (κ3) is 8.80. The Balaban J connectivity index is 0.00000609. The molecule has 0 aliphatic rings. The van der Waals surface area contributed by atoms with Crippen molar-refractivity contribution in [2.45, 2.75) is 52.4 Å². The molecule has 0 saturated carbocycles. The van der Waals surface area contributed by atoms with E-state index in [4.69, 9.17) is 19.4 Å². The molecule has 4 aromatic heterocycles. The molecule has 13 aromatic rings. The summed E-state index contributed by atoms with van der Waals surface area (Å²) in [6, 6.07) is 77.8. The van der Waals surface area contributed by atoms with Gasteiger partial charge in [-0.1, -0.05) is 216 Å². The third-order valence-corrected chi connectivity index (χ3v) is 15.0. The Hall–Kier alpha value is -8.70. The van der Waals surface area contributed by atoms with Gasteiger partial charge in [0.15, 0.2) is 11.4 Å². The van der Waals surface area contributed by atoms with Crippen molar-refractivity contribution >= 4 is 43.9 Å². The number of nitrogens with zero attached hydrogens (tertiary/aromatic N) is 4. The summed E-state index contributed by atoms with van der Waals surface area (Å²) in [7, 11) is 0. The van der Waals surface area contributed by atoms with Gasteiger partial charge in [0.05, 0.1) is 22.4 Å². The molecule has 0 aliphatic carbocycles. The predicted octanol–water partition coefficient (Wildman–Crippen LogP) is 18.6. The summed E-state index contributed by atoms with van der Waals surface area (Å²) >= 11 is 0. The van der Waals surface area contributed by atoms with Gasteiger partial charge in [-0.2, -0.15) is 0 Å². The van der Waals surface area contributed by atoms with Gasteiger partial charge < -0.3 is 9.52 Å². The molecule has 0 unspecified atom stereocenters. The summed E-state index contributed by atoms with van der Waals surface area (Å²) in [5, 5.41) is 17.0. The first-order valence-electron chi connectivity index (χ1n) is 26.3. The topological polar surface area (TPSA) is 77.0 Å². The van der Waals surface area contributed by atoms with Crippen LogP contribution in [-0.2, 0) is 31.9 Å². The fourth-order valence-electron chi connectivity index (χ4n) is 11.0. The molecule has 0 atom stereocenters. The van der Waals surface area contributed by atoms with E-state index in [0.717, 1.165) is 116 Å². The van der Waals surface area contributed by atoms with Gasteiger partial charge in [0, 0.05) is 60.4 Å². The largest absolute Gasteiger partial charge is 0.507 e. The van der Waals surface area contributed by atoms with E-state index >= 15 is 0 Å². The molecule has 0 radical (unpaired) electrons. The second-order valence-corrected chi connectivity index (χ2v) is 22.1. The van der Waals surface area contributed by atoms with E-state index in [0.29, 0.717) is 22.7 Å². The molecule has 0 fully saturated rings. The number of imidazole rings is 1. The maximum atomic E-state index is 13.1. The minimum absolute atomic E-state index is 0. The van der Waals surface area contributed by atoms with Gasteiger partial charge in [0.25, 0.3) is 0 Å². The van der Waals surface area contributed by atoms with E-state index in [1.807, 2.05) is 24.4 Å². The Morgan fingerprint density at radius 3 is 1.79 bits per heavy atom. The van der Waals surface area contributed by atoms with Crippen LogP contribution >= 0.6 is 0 Å². The van der Waals surface area contributed by atoms with Gasteiger partial charge >= 0.3 is 0 Å². The number of furan rings is 1. The second-order valence-electron chi connectivity index (χ2n) is 22.1. The Kier molecular flexibility index (Phi) is 12.7. The second kappa shape index (κ2) is 19.7. The summed E-state index contributed by atoms with van der Waals surface area (Å²) < 4.78 is 9.29. The van der Waals surface area contributed by atoms with E-state index in [9.17, 15) is 5.11 Å². The first kappa shape index (κ1) is 50.1. The fraction of sp³-hybridized carbons (Fsp3) is 0.113. The molecule has 4 heterocycles. The number of aromatic nitrogens is 4. The number of hydrogen-bond acceptors (Lipinski definition) is 5. The molecule has 13 rings (SSSR count). The molecule has 0 spiro atoms. The number of rotatable bonds is 8. The normalized spacial score (nSPS) is 11.9. The summed E-state index contributed by atoms with van der Waals surface area (Å²) in [5.41, 5.74) is 17.1. The van der Waals surface area contributed by atoms with Crippen LogP contribution in [0.4, 0.5) is 0 Å². The number of para-hydroxylation sites is 2. The zero-order chi connectivity index (χ0) is 52.6. The zero-order valence-electron chi connectivity index (χ0n) is 44.2. The summed E-state index contributed by atoms with van der Waals surface area (Å²) in [6.07, 6.45) is 1.88. The van der Waals surface area contributed by atoms with Gasteiger partial charge in [0.1, 0.15) is 11.3 Å². The van der Waals surface area contributed by atoms with Crippen LogP contribution < -0.4 is 0 Å². The van der Waals surface area contributed by atoms with Crippen LogP contribution in [0.5, 0.6) is 5.75 Å². The average Bonchev–Trinajstić information content (AvgIpc) is 4.24. The Bertz CT molecular complexity index is 4410. The molecule has 78 heavy (non-hydrogen) atoms. The quantitative estimate of drug-likeness (QED) is 0.153. The van der Waals surface area contributed by atoms with Crippen LogP contribution in [0.3, 0.4) is 0 Å². The van der Waals surface area contributed by atoms with Crippen molar-refractivity contribution in [2.24, 2.45) is 0 Å². The van der Waals surface area contributed by atoms with Crippen LogP contribution in [0, 0.1) is 6.07 Å². The Morgan fingerprint density at radius 2 is 1.09 bits per heavy atom. The van der Waals surface area contributed by atoms with E-state index in [-0.39, 0.29) is 32.2 Å². The molecular formula is C71H55N4O2Pt-. The average molecular weight is 1190 g/mol. The zero-order valence-corrected chi connectivity index (χ0v) is 46.5. The molecule has 0 aliphatic heterocycles.